The van der Waals surface area contributed by atoms with Crippen LogP contribution < -0.4 is 4.74 Å². The lowest BCUT2D eigenvalue weighted by Crippen LogP contribution is -2.04. The van der Waals surface area contributed by atoms with Crippen molar-refractivity contribution in [1.29, 1.82) is 0 Å². The Morgan fingerprint density at radius 1 is 0.696 bits per heavy atom. The molecule has 0 unspecified atom stereocenters. The van der Waals surface area contributed by atoms with Gasteiger partial charge in [-0.1, -0.05) is 48.5 Å². The van der Waals surface area contributed by atoms with Gasteiger partial charge < -0.3 is 9.47 Å². The maximum Gasteiger partial charge on any atom is 0.338 e. The van der Waals surface area contributed by atoms with Gasteiger partial charge in [0.05, 0.1) is 5.56 Å². The highest BCUT2D eigenvalue weighted by atomic mass is 16.5. The van der Waals surface area contributed by atoms with Crippen LogP contribution in [0.5, 0.6) is 11.5 Å². The molecule has 0 atom stereocenters. The van der Waals surface area contributed by atoms with Crippen LogP contribution in [0, 0.1) is 0 Å². The summed E-state index contributed by atoms with van der Waals surface area (Å²) in [5.41, 5.74) is 1.46. The topological polar surface area (TPSA) is 35.5 Å². The van der Waals surface area contributed by atoms with E-state index in [0.717, 1.165) is 17.1 Å². The van der Waals surface area contributed by atoms with E-state index in [-0.39, 0.29) is 12.6 Å². The third kappa shape index (κ3) is 4.20. The van der Waals surface area contributed by atoms with E-state index in [0.29, 0.717) is 5.56 Å². The third-order valence-corrected chi connectivity index (χ3v) is 3.28. The average Bonchev–Trinajstić information content (AvgIpc) is 2.62. The lowest BCUT2D eigenvalue weighted by molar-refractivity contribution is 0.0472. The molecule has 114 valence electrons. The van der Waals surface area contributed by atoms with Gasteiger partial charge in [-0.2, -0.15) is 0 Å². The molecule has 3 nitrogen and oxygen atoms in total. The number of carbonyl (C=O) groups excluding carboxylic acids is 1. The predicted octanol–water partition coefficient (Wildman–Crippen LogP) is 4.84. The lowest BCUT2D eigenvalue weighted by atomic mass is 10.2. The fraction of sp³-hybridized carbons (Fsp3) is 0.0500. The van der Waals surface area contributed by atoms with E-state index in [1.807, 2.05) is 72.8 Å². The van der Waals surface area contributed by atoms with Gasteiger partial charge in [0.1, 0.15) is 18.1 Å². The predicted molar refractivity (Wildman–Crippen MR) is 88.5 cm³/mol. The SMILES string of the molecule is O=C(OCc1ccc(Oc2ccccc2)cc1)c1ccccc1. The first kappa shape index (κ1) is 14.9. The Bertz CT molecular complexity index is 750. The van der Waals surface area contributed by atoms with Crippen molar-refractivity contribution in [2.75, 3.05) is 0 Å². The summed E-state index contributed by atoms with van der Waals surface area (Å²) < 4.78 is 11.0. The summed E-state index contributed by atoms with van der Waals surface area (Å²) in [5, 5.41) is 0. The molecule has 0 amide bonds. The molecular weight excluding hydrogens is 288 g/mol. The van der Waals surface area contributed by atoms with Crippen LogP contribution in [0.1, 0.15) is 15.9 Å². The molecule has 0 aliphatic rings. The minimum Gasteiger partial charge on any atom is -0.457 e. The molecule has 0 saturated carbocycles. The second-order valence-electron chi connectivity index (χ2n) is 5.00. The summed E-state index contributed by atoms with van der Waals surface area (Å²) in [7, 11) is 0. The van der Waals surface area contributed by atoms with Crippen LogP contribution in [-0.4, -0.2) is 5.97 Å². The van der Waals surface area contributed by atoms with Crippen molar-refractivity contribution < 1.29 is 14.3 Å². The fourth-order valence-electron chi connectivity index (χ4n) is 2.08. The van der Waals surface area contributed by atoms with Gasteiger partial charge in [-0.05, 0) is 42.0 Å². The van der Waals surface area contributed by atoms with Gasteiger partial charge in [0.25, 0.3) is 0 Å². The highest BCUT2D eigenvalue weighted by molar-refractivity contribution is 5.89. The molecule has 0 aromatic heterocycles. The first-order valence-corrected chi connectivity index (χ1v) is 7.35. The zero-order chi connectivity index (χ0) is 15.9. The van der Waals surface area contributed by atoms with E-state index in [4.69, 9.17) is 9.47 Å². The Hall–Kier alpha value is -3.07. The first-order valence-electron chi connectivity index (χ1n) is 7.35. The van der Waals surface area contributed by atoms with Crippen LogP contribution in [0.3, 0.4) is 0 Å². The van der Waals surface area contributed by atoms with Crippen LogP contribution in [0.4, 0.5) is 0 Å². The van der Waals surface area contributed by atoms with E-state index in [1.165, 1.54) is 0 Å². The lowest BCUT2D eigenvalue weighted by Gasteiger charge is -2.07. The van der Waals surface area contributed by atoms with Gasteiger partial charge in [0.15, 0.2) is 0 Å². The molecule has 0 N–H and O–H groups in total. The first-order chi connectivity index (χ1) is 11.3. The zero-order valence-corrected chi connectivity index (χ0v) is 12.5. The number of rotatable bonds is 5. The molecule has 0 radical (unpaired) electrons. The van der Waals surface area contributed by atoms with Crippen LogP contribution >= 0.6 is 0 Å². The smallest absolute Gasteiger partial charge is 0.338 e. The van der Waals surface area contributed by atoms with Crippen LogP contribution in [0.25, 0.3) is 0 Å². The zero-order valence-electron chi connectivity index (χ0n) is 12.5. The second kappa shape index (κ2) is 7.27. The third-order valence-electron chi connectivity index (χ3n) is 3.28. The highest BCUT2D eigenvalue weighted by Gasteiger charge is 2.06. The molecule has 0 bridgehead atoms. The van der Waals surface area contributed by atoms with Crippen LogP contribution in [0.15, 0.2) is 84.9 Å². The van der Waals surface area contributed by atoms with Crippen molar-refractivity contribution in [3.63, 3.8) is 0 Å². The standard InChI is InChI=1S/C20H16O3/c21-20(17-7-3-1-4-8-17)22-15-16-11-13-19(14-12-16)23-18-9-5-2-6-10-18/h1-14H,15H2. The van der Waals surface area contributed by atoms with Crippen molar-refractivity contribution in [2.45, 2.75) is 6.61 Å². The van der Waals surface area contributed by atoms with Crippen LogP contribution in [0.2, 0.25) is 0 Å². The molecule has 3 rings (SSSR count). The number of carbonyl (C=O) groups is 1. The van der Waals surface area contributed by atoms with Crippen molar-refractivity contribution in [2.24, 2.45) is 0 Å². The molecular formula is C20H16O3. The maximum absolute atomic E-state index is 11.9. The summed E-state index contributed by atoms with van der Waals surface area (Å²) in [5.74, 6) is 1.21. The van der Waals surface area contributed by atoms with Gasteiger partial charge >= 0.3 is 5.97 Å². The average molecular weight is 304 g/mol. The Morgan fingerprint density at radius 3 is 1.91 bits per heavy atom. The van der Waals surface area contributed by atoms with Crippen molar-refractivity contribution in [3.05, 3.63) is 96.1 Å². The Morgan fingerprint density at radius 2 is 1.26 bits per heavy atom. The number of esters is 1. The quantitative estimate of drug-likeness (QED) is 0.633. The monoisotopic (exact) mass is 304 g/mol. The second-order valence-corrected chi connectivity index (χ2v) is 5.00. The van der Waals surface area contributed by atoms with Gasteiger partial charge in [0.2, 0.25) is 0 Å². The summed E-state index contributed by atoms with van der Waals surface area (Å²) >= 11 is 0. The number of hydrogen-bond donors (Lipinski definition) is 0. The maximum atomic E-state index is 11.9. The van der Waals surface area contributed by atoms with E-state index in [1.54, 1.807) is 12.1 Å². The van der Waals surface area contributed by atoms with Gasteiger partial charge in [-0.15, -0.1) is 0 Å². The van der Waals surface area contributed by atoms with Crippen molar-refractivity contribution in [1.82, 2.24) is 0 Å². The molecule has 0 heterocycles. The Kier molecular flexibility index (Phi) is 4.69. The summed E-state index contributed by atoms with van der Waals surface area (Å²) in [6.07, 6.45) is 0. The summed E-state index contributed by atoms with van der Waals surface area (Å²) in [6.45, 7) is 0.235. The summed E-state index contributed by atoms with van der Waals surface area (Å²) in [4.78, 5) is 11.9. The number of ether oxygens (including phenoxy) is 2. The van der Waals surface area contributed by atoms with Gasteiger partial charge in [-0.25, -0.2) is 4.79 Å². The molecule has 0 aliphatic carbocycles. The number of hydrogen-bond acceptors (Lipinski definition) is 3. The minimum atomic E-state index is -0.324. The minimum absolute atomic E-state index is 0.235. The number of benzene rings is 3. The molecule has 0 aliphatic heterocycles. The molecule has 0 spiro atoms. The normalized spacial score (nSPS) is 10.1. The van der Waals surface area contributed by atoms with E-state index in [2.05, 4.69) is 0 Å². The molecule has 3 aromatic carbocycles. The van der Waals surface area contributed by atoms with E-state index >= 15 is 0 Å². The molecule has 23 heavy (non-hydrogen) atoms. The van der Waals surface area contributed by atoms with Crippen LogP contribution in [-0.2, 0) is 11.3 Å². The molecule has 0 fully saturated rings. The Labute approximate surface area is 135 Å². The molecule has 0 saturated heterocycles. The van der Waals surface area contributed by atoms with Gasteiger partial charge in [-0.3, -0.25) is 0 Å². The molecule has 3 heteroatoms. The van der Waals surface area contributed by atoms with Crippen molar-refractivity contribution >= 4 is 5.97 Å². The number of para-hydroxylation sites is 1. The van der Waals surface area contributed by atoms with Crippen molar-refractivity contribution in [3.8, 4) is 11.5 Å². The highest BCUT2D eigenvalue weighted by Crippen LogP contribution is 2.21. The Balaban J connectivity index is 1.56. The molecule has 3 aromatic rings. The van der Waals surface area contributed by atoms with Gasteiger partial charge in [0, 0.05) is 0 Å². The summed E-state index contributed by atoms with van der Waals surface area (Å²) in [6, 6.07) is 26.0. The fourth-order valence-corrected chi connectivity index (χ4v) is 2.08. The van der Waals surface area contributed by atoms with E-state index in [9.17, 15) is 4.79 Å². The largest absolute Gasteiger partial charge is 0.457 e. The van der Waals surface area contributed by atoms with E-state index < -0.39 is 0 Å².